The molecule has 0 aliphatic carbocycles. The molecule has 0 fully saturated rings. The lowest BCUT2D eigenvalue weighted by Crippen LogP contribution is -2.32. The smallest absolute Gasteiger partial charge is 0.339 e. The molecular weight excluding hydrogens is 488 g/mol. The molecule has 5 aromatic rings. The van der Waals surface area contributed by atoms with Gasteiger partial charge in [-0.05, 0) is 44.2 Å². The third-order valence-corrected chi connectivity index (χ3v) is 7.20. The molecule has 37 heavy (non-hydrogen) atoms. The van der Waals surface area contributed by atoms with Gasteiger partial charge in [0, 0.05) is 12.6 Å². The Morgan fingerprint density at radius 1 is 0.973 bits per heavy atom. The van der Waals surface area contributed by atoms with Gasteiger partial charge in [-0.2, -0.15) is 0 Å². The van der Waals surface area contributed by atoms with Crippen LogP contribution in [0.15, 0.2) is 83.7 Å². The highest BCUT2D eigenvalue weighted by atomic mass is 32.1. The molecule has 0 saturated carbocycles. The number of thiazole rings is 1. The molecule has 0 bridgehead atoms. The zero-order valence-electron chi connectivity index (χ0n) is 20.5. The van der Waals surface area contributed by atoms with Crippen molar-refractivity contribution in [3.05, 3.63) is 100 Å². The first-order valence-electron chi connectivity index (χ1n) is 11.7. The van der Waals surface area contributed by atoms with E-state index >= 15 is 0 Å². The summed E-state index contributed by atoms with van der Waals surface area (Å²) >= 11 is 1.48. The van der Waals surface area contributed by atoms with Gasteiger partial charge >= 0.3 is 5.97 Å². The van der Waals surface area contributed by atoms with Gasteiger partial charge in [-0.3, -0.25) is 14.3 Å². The number of para-hydroxylation sites is 2. The first-order chi connectivity index (χ1) is 17.8. The number of anilines is 1. The van der Waals surface area contributed by atoms with Crippen molar-refractivity contribution in [3.63, 3.8) is 0 Å². The summed E-state index contributed by atoms with van der Waals surface area (Å²) in [5.41, 5.74) is 2.78. The number of carbonyl (C=O) groups excluding carboxylic acids is 2. The van der Waals surface area contributed by atoms with E-state index in [0.717, 1.165) is 10.2 Å². The lowest BCUT2D eigenvalue weighted by Gasteiger charge is -2.14. The van der Waals surface area contributed by atoms with Crippen molar-refractivity contribution in [2.45, 2.75) is 20.0 Å². The van der Waals surface area contributed by atoms with Crippen molar-refractivity contribution in [1.82, 2.24) is 14.3 Å². The maximum Gasteiger partial charge on any atom is 0.339 e. The highest BCUT2D eigenvalue weighted by Gasteiger charge is 2.25. The average molecular weight is 513 g/mol. The minimum absolute atomic E-state index is 0.133. The van der Waals surface area contributed by atoms with Gasteiger partial charge in [-0.1, -0.05) is 48.5 Å². The first-order valence-corrected chi connectivity index (χ1v) is 12.5. The van der Waals surface area contributed by atoms with E-state index in [0.29, 0.717) is 27.5 Å². The Morgan fingerprint density at radius 2 is 1.65 bits per heavy atom. The molecule has 1 amide bonds. The highest BCUT2D eigenvalue weighted by molar-refractivity contribution is 7.21. The van der Waals surface area contributed by atoms with Crippen LogP contribution in [0.25, 0.3) is 26.5 Å². The molecular formula is C28H24N4O4S. The fraction of sp³-hybridized carbons (Fsp3) is 0.143. The Hall–Kier alpha value is -4.50. The monoisotopic (exact) mass is 512 g/mol. The molecule has 2 aromatic heterocycles. The molecule has 0 radical (unpaired) electrons. The minimum atomic E-state index is -1.14. The van der Waals surface area contributed by atoms with E-state index in [4.69, 9.17) is 4.74 Å². The number of nitrogens with zero attached hydrogens (tertiary/aromatic N) is 3. The predicted molar refractivity (Wildman–Crippen MR) is 144 cm³/mol. The zero-order valence-corrected chi connectivity index (χ0v) is 21.3. The van der Waals surface area contributed by atoms with Crippen molar-refractivity contribution in [3.8, 4) is 16.3 Å². The van der Waals surface area contributed by atoms with Crippen molar-refractivity contribution in [2.75, 3.05) is 5.32 Å². The third-order valence-electron chi connectivity index (χ3n) is 6.13. The predicted octanol–water partition coefficient (Wildman–Crippen LogP) is 4.95. The lowest BCUT2D eigenvalue weighted by atomic mass is 10.1. The Morgan fingerprint density at radius 3 is 2.41 bits per heavy atom. The summed E-state index contributed by atoms with van der Waals surface area (Å²) in [5.74, 6) is -1.25. The van der Waals surface area contributed by atoms with Crippen molar-refractivity contribution < 1.29 is 14.3 Å². The Kier molecular flexibility index (Phi) is 6.45. The van der Waals surface area contributed by atoms with E-state index in [1.807, 2.05) is 48.5 Å². The van der Waals surface area contributed by atoms with Crippen LogP contribution in [0.2, 0.25) is 0 Å². The van der Waals surface area contributed by atoms with E-state index in [9.17, 15) is 14.4 Å². The molecule has 2 heterocycles. The Bertz CT molecular complexity index is 1650. The van der Waals surface area contributed by atoms with Gasteiger partial charge in [0.2, 0.25) is 0 Å². The fourth-order valence-electron chi connectivity index (χ4n) is 4.05. The average Bonchev–Trinajstić information content (AvgIpc) is 3.44. The molecule has 186 valence electrons. The van der Waals surface area contributed by atoms with E-state index in [-0.39, 0.29) is 11.2 Å². The van der Waals surface area contributed by atoms with Gasteiger partial charge < -0.3 is 10.1 Å². The van der Waals surface area contributed by atoms with Gasteiger partial charge in [0.1, 0.15) is 10.7 Å². The molecule has 0 spiro atoms. The second-order valence-electron chi connectivity index (χ2n) is 8.51. The van der Waals surface area contributed by atoms with Crippen molar-refractivity contribution in [1.29, 1.82) is 0 Å². The second kappa shape index (κ2) is 9.87. The normalized spacial score (nSPS) is 11.9. The molecule has 0 aliphatic rings. The zero-order chi connectivity index (χ0) is 26.1. The van der Waals surface area contributed by atoms with E-state index in [1.54, 1.807) is 49.0 Å². The van der Waals surface area contributed by atoms with Crippen LogP contribution in [0.5, 0.6) is 0 Å². The van der Waals surface area contributed by atoms with Crippen LogP contribution in [-0.4, -0.2) is 32.3 Å². The summed E-state index contributed by atoms with van der Waals surface area (Å²) in [6.45, 7) is 3.21. The molecule has 0 saturated heterocycles. The van der Waals surface area contributed by atoms with Crippen LogP contribution in [0, 0.1) is 6.92 Å². The van der Waals surface area contributed by atoms with E-state index < -0.39 is 18.0 Å². The second-order valence-corrected chi connectivity index (χ2v) is 9.54. The minimum Gasteiger partial charge on any atom is -0.449 e. The number of nitrogens with one attached hydrogen (secondary N) is 1. The largest absolute Gasteiger partial charge is 0.449 e. The van der Waals surface area contributed by atoms with Gasteiger partial charge in [0.05, 0.1) is 27.2 Å². The van der Waals surface area contributed by atoms with Gasteiger partial charge in [-0.15, -0.1) is 11.3 Å². The number of carbonyl (C=O) groups is 2. The number of hydrogen-bond donors (Lipinski definition) is 1. The van der Waals surface area contributed by atoms with Gasteiger partial charge in [0.15, 0.2) is 6.10 Å². The van der Waals surface area contributed by atoms with E-state index in [2.05, 4.69) is 10.3 Å². The summed E-state index contributed by atoms with van der Waals surface area (Å²) in [6, 6.07) is 23.9. The van der Waals surface area contributed by atoms with Crippen LogP contribution in [0.4, 0.5) is 5.69 Å². The first kappa shape index (κ1) is 24.2. The fourth-order valence-corrected chi connectivity index (χ4v) is 5.05. The summed E-state index contributed by atoms with van der Waals surface area (Å²) < 4.78 is 9.66. The molecule has 8 nitrogen and oxygen atoms in total. The Labute approximate surface area is 216 Å². The number of benzene rings is 3. The number of amides is 1. The SMILES string of the molecule is Cc1c(NC(=O)C(C)OC(=O)c2ccccc2-c2nc3ccccc3s2)c(=O)n(-c2ccccc2)n1C. The molecule has 3 aromatic carbocycles. The number of rotatable bonds is 6. The van der Waals surface area contributed by atoms with Crippen LogP contribution < -0.4 is 10.9 Å². The van der Waals surface area contributed by atoms with Crippen LogP contribution in [-0.2, 0) is 16.6 Å². The molecule has 1 N–H and O–H groups in total. The molecule has 9 heteroatoms. The summed E-state index contributed by atoms with van der Waals surface area (Å²) in [5, 5.41) is 3.34. The summed E-state index contributed by atoms with van der Waals surface area (Å²) in [4.78, 5) is 43.8. The maximum atomic E-state index is 13.1. The Balaban J connectivity index is 1.36. The number of aromatic nitrogens is 3. The number of ether oxygens (including phenoxy) is 1. The number of hydrogen-bond acceptors (Lipinski definition) is 6. The summed E-state index contributed by atoms with van der Waals surface area (Å²) in [7, 11) is 1.74. The lowest BCUT2D eigenvalue weighted by molar-refractivity contribution is -0.123. The highest BCUT2D eigenvalue weighted by Crippen LogP contribution is 2.32. The van der Waals surface area contributed by atoms with Crippen molar-refractivity contribution in [2.24, 2.45) is 7.05 Å². The van der Waals surface area contributed by atoms with Crippen LogP contribution in [0.3, 0.4) is 0 Å². The number of esters is 1. The maximum absolute atomic E-state index is 13.1. The summed E-state index contributed by atoms with van der Waals surface area (Å²) in [6.07, 6.45) is -1.14. The topological polar surface area (TPSA) is 95.2 Å². The van der Waals surface area contributed by atoms with E-state index in [1.165, 1.54) is 22.9 Å². The quantitative estimate of drug-likeness (QED) is 0.325. The van der Waals surface area contributed by atoms with Crippen LogP contribution >= 0.6 is 11.3 Å². The number of fused-ring (bicyclic) bond motifs is 1. The molecule has 1 atom stereocenters. The standard InChI is InChI=1S/C28H24N4O4S/c1-17-24(27(34)32(31(17)3)19-11-5-4-6-12-19)30-25(33)18(2)36-28(35)21-14-8-7-13-20(21)26-29-22-15-9-10-16-23(22)37-26/h4-16,18H,1-3H3,(H,30,33). The van der Waals surface area contributed by atoms with Gasteiger partial charge in [0.25, 0.3) is 11.5 Å². The molecule has 1 unspecified atom stereocenters. The third kappa shape index (κ3) is 4.56. The molecule has 0 aliphatic heterocycles. The van der Waals surface area contributed by atoms with Gasteiger partial charge in [-0.25, -0.2) is 14.5 Å². The van der Waals surface area contributed by atoms with Crippen LogP contribution in [0.1, 0.15) is 23.0 Å². The molecule has 5 rings (SSSR count). The van der Waals surface area contributed by atoms with Crippen molar-refractivity contribution >= 4 is 39.1 Å².